The minimum absolute atomic E-state index is 0.0243. The molecule has 2 heteroatoms. The van der Waals surface area contributed by atoms with E-state index in [1.54, 1.807) is 6.07 Å². The van der Waals surface area contributed by atoms with Crippen LogP contribution in [0.25, 0.3) is 11.1 Å². The number of halogens is 2. The highest BCUT2D eigenvalue weighted by atomic mass is 19.1. The largest absolute Gasteiger partial charge is 0.251 e. The van der Waals surface area contributed by atoms with Crippen molar-refractivity contribution in [3.05, 3.63) is 59.4 Å². The number of hydrogen-bond acceptors (Lipinski definition) is 0. The molecule has 0 amide bonds. The molecule has 0 N–H and O–H groups in total. The smallest absolute Gasteiger partial charge is 0.127 e. The van der Waals surface area contributed by atoms with Crippen LogP contribution in [-0.4, -0.2) is 6.67 Å². The van der Waals surface area contributed by atoms with Crippen LogP contribution in [0.15, 0.2) is 42.5 Å². The molecule has 2 fully saturated rings. The van der Waals surface area contributed by atoms with Gasteiger partial charge in [-0.1, -0.05) is 75.4 Å². The lowest BCUT2D eigenvalue weighted by molar-refractivity contribution is 0.155. The van der Waals surface area contributed by atoms with Crippen molar-refractivity contribution < 1.29 is 8.78 Å². The zero-order valence-corrected chi connectivity index (χ0v) is 20.5. The lowest BCUT2D eigenvalue weighted by atomic mass is 9.68. The minimum Gasteiger partial charge on any atom is -0.251 e. The normalized spacial score (nSPS) is 25.8. The van der Waals surface area contributed by atoms with Crippen LogP contribution in [-0.2, 0) is 6.42 Å². The number of benzene rings is 2. The van der Waals surface area contributed by atoms with E-state index in [9.17, 15) is 4.39 Å². The molecule has 33 heavy (non-hydrogen) atoms. The van der Waals surface area contributed by atoms with Crippen LogP contribution in [0.3, 0.4) is 0 Å². The highest BCUT2D eigenvalue weighted by Gasteiger charge is 2.31. The average molecular weight is 453 g/mol. The molecule has 0 aromatic heterocycles. The molecule has 0 bridgehead atoms. The summed E-state index contributed by atoms with van der Waals surface area (Å²) in [7, 11) is 0. The summed E-state index contributed by atoms with van der Waals surface area (Å²) in [4.78, 5) is 0. The van der Waals surface area contributed by atoms with E-state index in [1.165, 1.54) is 56.9 Å². The van der Waals surface area contributed by atoms with Crippen molar-refractivity contribution in [3.8, 4) is 11.1 Å². The van der Waals surface area contributed by atoms with Crippen molar-refractivity contribution in [2.24, 2.45) is 17.8 Å². The van der Waals surface area contributed by atoms with Crippen LogP contribution in [0.4, 0.5) is 8.78 Å². The molecule has 2 aromatic carbocycles. The standard InChI is InChI=1S/C31H42F2/c1-2-23-7-11-27(12-8-23)29-19-20-30(31(33)22-29)28-17-15-26(16-18-28)25-13-9-24(10-14-25)6-4-3-5-21-32/h7-8,11-12,19-20,22,24-26,28H,2-6,9-10,13-18,21H2,1H3. The van der Waals surface area contributed by atoms with E-state index in [-0.39, 0.29) is 12.5 Å². The Bertz CT molecular complexity index is 840. The van der Waals surface area contributed by atoms with Gasteiger partial charge in [-0.2, -0.15) is 0 Å². The summed E-state index contributed by atoms with van der Waals surface area (Å²) in [6.07, 6.45) is 15.6. The Morgan fingerprint density at radius 1 is 0.727 bits per heavy atom. The Balaban J connectivity index is 1.26. The fourth-order valence-corrected chi connectivity index (χ4v) is 6.52. The van der Waals surface area contributed by atoms with Crippen molar-refractivity contribution in [2.75, 3.05) is 6.67 Å². The third kappa shape index (κ3) is 6.46. The highest BCUT2D eigenvalue weighted by molar-refractivity contribution is 5.64. The summed E-state index contributed by atoms with van der Waals surface area (Å²) in [5.41, 5.74) is 4.32. The van der Waals surface area contributed by atoms with E-state index < -0.39 is 0 Å². The first-order valence-electron chi connectivity index (χ1n) is 13.6. The Hall–Kier alpha value is -1.70. The van der Waals surface area contributed by atoms with E-state index in [0.29, 0.717) is 5.92 Å². The van der Waals surface area contributed by atoms with E-state index in [4.69, 9.17) is 0 Å². The highest BCUT2D eigenvalue weighted by Crippen LogP contribution is 2.45. The number of rotatable bonds is 9. The van der Waals surface area contributed by atoms with Gasteiger partial charge in [0.1, 0.15) is 5.82 Å². The van der Waals surface area contributed by atoms with Gasteiger partial charge in [-0.05, 0) is 103 Å². The van der Waals surface area contributed by atoms with Gasteiger partial charge >= 0.3 is 0 Å². The second kappa shape index (κ2) is 12.1. The van der Waals surface area contributed by atoms with Gasteiger partial charge in [-0.25, -0.2) is 4.39 Å². The van der Waals surface area contributed by atoms with Gasteiger partial charge in [0.15, 0.2) is 0 Å². The van der Waals surface area contributed by atoms with Gasteiger partial charge in [0.05, 0.1) is 6.67 Å². The van der Waals surface area contributed by atoms with Gasteiger partial charge in [0.2, 0.25) is 0 Å². The molecule has 180 valence electrons. The first-order valence-corrected chi connectivity index (χ1v) is 13.6. The summed E-state index contributed by atoms with van der Waals surface area (Å²) < 4.78 is 27.4. The molecule has 2 aromatic rings. The summed E-state index contributed by atoms with van der Waals surface area (Å²) >= 11 is 0. The number of hydrogen-bond donors (Lipinski definition) is 0. The molecule has 2 saturated carbocycles. The molecule has 4 rings (SSSR count). The fourth-order valence-electron chi connectivity index (χ4n) is 6.52. The number of unbranched alkanes of at least 4 members (excludes halogenated alkanes) is 2. The second-order valence-corrected chi connectivity index (χ2v) is 10.7. The summed E-state index contributed by atoms with van der Waals surface area (Å²) in [5, 5.41) is 0. The van der Waals surface area contributed by atoms with E-state index >= 15 is 4.39 Å². The van der Waals surface area contributed by atoms with Crippen molar-refractivity contribution in [3.63, 3.8) is 0 Å². The van der Waals surface area contributed by atoms with Crippen molar-refractivity contribution in [1.29, 1.82) is 0 Å². The summed E-state index contributed by atoms with van der Waals surface area (Å²) in [5.74, 6) is 2.95. The van der Waals surface area contributed by atoms with E-state index in [1.807, 2.05) is 0 Å². The molecule has 0 radical (unpaired) electrons. The second-order valence-electron chi connectivity index (χ2n) is 10.7. The predicted octanol–water partition coefficient (Wildman–Crippen LogP) is 9.67. The SMILES string of the molecule is CCc1ccc(-c2ccc(C3CCC(C4CCC(CCCCCF)CC4)CC3)c(F)c2)cc1. The molecule has 0 saturated heterocycles. The fraction of sp³-hybridized carbons (Fsp3) is 0.613. The lowest BCUT2D eigenvalue weighted by Crippen LogP contribution is -2.25. The molecule has 2 aliphatic rings. The van der Waals surface area contributed by atoms with Crippen molar-refractivity contribution in [2.45, 2.75) is 96.3 Å². The average Bonchev–Trinajstić information content (AvgIpc) is 2.87. The predicted molar refractivity (Wildman–Crippen MR) is 136 cm³/mol. The first-order chi connectivity index (χ1) is 16.2. The minimum atomic E-state index is -0.156. The monoisotopic (exact) mass is 452 g/mol. The maximum Gasteiger partial charge on any atom is 0.127 e. The third-order valence-corrected chi connectivity index (χ3v) is 8.71. The van der Waals surface area contributed by atoms with Gasteiger partial charge in [-0.15, -0.1) is 0 Å². The van der Waals surface area contributed by atoms with Gasteiger partial charge < -0.3 is 0 Å². The van der Waals surface area contributed by atoms with Crippen LogP contribution in [0.5, 0.6) is 0 Å². The quantitative estimate of drug-likeness (QED) is 0.332. The summed E-state index contributed by atoms with van der Waals surface area (Å²) in [6, 6.07) is 14.4. The van der Waals surface area contributed by atoms with Crippen molar-refractivity contribution >= 4 is 0 Å². The number of alkyl halides is 1. The first kappa shape index (κ1) is 24.4. The van der Waals surface area contributed by atoms with E-state index in [0.717, 1.165) is 66.5 Å². The van der Waals surface area contributed by atoms with Crippen LogP contribution in [0.2, 0.25) is 0 Å². The lowest BCUT2D eigenvalue weighted by Gasteiger charge is -2.38. The molecular weight excluding hydrogens is 410 g/mol. The van der Waals surface area contributed by atoms with Crippen LogP contribution in [0.1, 0.15) is 101 Å². The van der Waals surface area contributed by atoms with Gasteiger partial charge in [-0.3, -0.25) is 4.39 Å². The maximum atomic E-state index is 15.1. The van der Waals surface area contributed by atoms with Gasteiger partial charge in [0.25, 0.3) is 0 Å². The molecule has 0 unspecified atom stereocenters. The maximum absolute atomic E-state index is 15.1. The van der Waals surface area contributed by atoms with Crippen LogP contribution in [0, 0.1) is 23.6 Å². The zero-order valence-electron chi connectivity index (χ0n) is 20.5. The summed E-state index contributed by atoms with van der Waals surface area (Å²) in [6.45, 7) is 2.00. The Labute approximate surface area is 200 Å². The number of aryl methyl sites for hydroxylation is 1. The molecular formula is C31H42F2. The topological polar surface area (TPSA) is 0 Å². The Morgan fingerprint density at radius 3 is 1.97 bits per heavy atom. The van der Waals surface area contributed by atoms with Crippen LogP contribution >= 0.6 is 0 Å². The van der Waals surface area contributed by atoms with E-state index in [2.05, 4.69) is 43.3 Å². The molecule has 0 atom stereocenters. The van der Waals surface area contributed by atoms with Crippen LogP contribution < -0.4 is 0 Å². The molecule has 0 aliphatic heterocycles. The molecule has 0 nitrogen and oxygen atoms in total. The van der Waals surface area contributed by atoms with Gasteiger partial charge in [0, 0.05) is 0 Å². The molecule has 2 aliphatic carbocycles. The zero-order chi connectivity index (χ0) is 23.0. The molecule has 0 spiro atoms. The Morgan fingerprint density at radius 2 is 1.36 bits per heavy atom. The third-order valence-electron chi connectivity index (χ3n) is 8.71. The Kier molecular flexibility index (Phi) is 8.98. The molecule has 0 heterocycles. The van der Waals surface area contributed by atoms with Crippen molar-refractivity contribution in [1.82, 2.24) is 0 Å².